The van der Waals surface area contributed by atoms with Crippen LogP contribution in [0.3, 0.4) is 0 Å². The van der Waals surface area contributed by atoms with Gasteiger partial charge in [0.1, 0.15) is 0 Å². The highest BCUT2D eigenvalue weighted by Gasteiger charge is 2.14. The van der Waals surface area contributed by atoms with Crippen molar-refractivity contribution in [3.05, 3.63) is 119 Å². The molecule has 0 fully saturated rings. The van der Waals surface area contributed by atoms with E-state index in [-0.39, 0.29) is 6.10 Å². The summed E-state index contributed by atoms with van der Waals surface area (Å²) in [5, 5.41) is 2.04. The van der Waals surface area contributed by atoms with E-state index in [0.29, 0.717) is 0 Å². The van der Waals surface area contributed by atoms with Gasteiger partial charge in [0.15, 0.2) is 0 Å². The Bertz CT molecular complexity index is 792. The highest BCUT2D eigenvalue weighted by atomic mass is 79.9. The zero-order chi connectivity index (χ0) is 19.6. The predicted octanol–water partition coefficient (Wildman–Crippen LogP) is 6.57. The third kappa shape index (κ3) is 6.75. The largest absolute Gasteiger partial charge is 0.291 e. The van der Waals surface area contributed by atoms with Gasteiger partial charge in [0, 0.05) is 17.6 Å². The molecule has 0 unspecified atom stereocenters. The lowest BCUT2D eigenvalue weighted by molar-refractivity contribution is -0.199. The molecule has 0 amide bonds. The first kappa shape index (κ1) is 20.5. The predicted molar refractivity (Wildman–Crippen MR) is 120 cm³/mol. The van der Waals surface area contributed by atoms with Gasteiger partial charge >= 0.3 is 0 Å². The summed E-state index contributed by atoms with van der Waals surface area (Å²) >= 11 is 3.49. The molecule has 0 saturated carbocycles. The molecule has 0 heterocycles. The quantitative estimate of drug-likeness (QED) is 0.263. The fraction of sp³-hybridized carbons (Fsp3) is 0.200. The molecule has 0 radical (unpaired) electrons. The van der Waals surface area contributed by atoms with Crippen LogP contribution in [0.5, 0.6) is 0 Å². The first-order valence-electron chi connectivity index (χ1n) is 9.59. The Morgan fingerprint density at radius 3 is 1.82 bits per heavy atom. The number of hydroxylamine groups is 2. The summed E-state index contributed by atoms with van der Waals surface area (Å²) in [6, 6.07) is 29.3. The lowest BCUT2D eigenvalue weighted by atomic mass is 10.1. The van der Waals surface area contributed by atoms with Gasteiger partial charge in [-0.2, -0.15) is 5.06 Å². The molecule has 3 aromatic rings. The lowest BCUT2D eigenvalue weighted by Gasteiger charge is -2.26. The van der Waals surface area contributed by atoms with Gasteiger partial charge in [-0.05, 0) is 41.7 Å². The van der Waals surface area contributed by atoms with Crippen LogP contribution in [-0.4, -0.2) is 11.2 Å². The Morgan fingerprint density at radius 2 is 1.32 bits per heavy atom. The van der Waals surface area contributed by atoms with E-state index >= 15 is 0 Å². The molecule has 28 heavy (non-hydrogen) atoms. The molecule has 0 N–H and O–H groups in total. The van der Waals surface area contributed by atoms with E-state index in [4.69, 9.17) is 4.84 Å². The molecule has 0 aliphatic heterocycles. The van der Waals surface area contributed by atoms with Crippen molar-refractivity contribution in [2.75, 3.05) is 0 Å². The number of hydrogen-bond acceptors (Lipinski definition) is 2. The van der Waals surface area contributed by atoms with Crippen molar-refractivity contribution >= 4 is 15.9 Å². The van der Waals surface area contributed by atoms with Gasteiger partial charge in [-0.15, -0.1) is 6.58 Å². The van der Waals surface area contributed by atoms with Crippen LogP contribution >= 0.6 is 15.9 Å². The number of nitrogens with zero attached hydrogens (tertiary/aromatic N) is 1. The summed E-state index contributed by atoms with van der Waals surface area (Å²) in [5.74, 6) is 0. The van der Waals surface area contributed by atoms with E-state index in [1.807, 2.05) is 23.3 Å². The second-order valence-corrected chi connectivity index (χ2v) is 7.73. The van der Waals surface area contributed by atoms with Gasteiger partial charge in [0.05, 0.1) is 6.10 Å². The normalized spacial score (nSPS) is 12.1. The fourth-order valence-corrected chi connectivity index (χ4v) is 3.33. The second kappa shape index (κ2) is 11.0. The minimum Gasteiger partial charge on any atom is -0.291 e. The van der Waals surface area contributed by atoms with Gasteiger partial charge in [0.2, 0.25) is 0 Å². The van der Waals surface area contributed by atoms with Crippen LogP contribution in [0.4, 0.5) is 0 Å². The summed E-state index contributed by atoms with van der Waals surface area (Å²) in [4.78, 5) is 6.36. The summed E-state index contributed by atoms with van der Waals surface area (Å²) in [5.41, 5.74) is 3.76. The number of benzene rings is 3. The van der Waals surface area contributed by atoms with Crippen LogP contribution in [0, 0.1) is 0 Å². The Balaban J connectivity index is 1.65. The minimum absolute atomic E-state index is 0.0314. The average molecular weight is 436 g/mol. The van der Waals surface area contributed by atoms with Gasteiger partial charge in [0.25, 0.3) is 0 Å². The van der Waals surface area contributed by atoms with Gasteiger partial charge in [-0.3, -0.25) is 4.84 Å². The maximum absolute atomic E-state index is 6.36. The van der Waals surface area contributed by atoms with E-state index in [9.17, 15) is 0 Å². The van der Waals surface area contributed by atoms with Gasteiger partial charge < -0.3 is 0 Å². The van der Waals surface area contributed by atoms with Crippen LogP contribution in [0.2, 0.25) is 0 Å². The highest BCUT2D eigenvalue weighted by molar-refractivity contribution is 9.10. The molecule has 144 valence electrons. The number of rotatable bonds is 10. The molecule has 0 aromatic heterocycles. The van der Waals surface area contributed by atoms with Crippen LogP contribution in [-0.2, 0) is 24.3 Å². The number of aryl methyl sites for hydroxylation is 1. The third-order valence-electron chi connectivity index (χ3n) is 4.58. The minimum atomic E-state index is -0.0314. The fourth-order valence-electron chi connectivity index (χ4n) is 3.07. The molecule has 0 aliphatic rings. The Kier molecular flexibility index (Phi) is 8.04. The first-order chi connectivity index (χ1) is 13.7. The Morgan fingerprint density at radius 1 is 0.786 bits per heavy atom. The van der Waals surface area contributed by atoms with E-state index < -0.39 is 0 Å². The molecule has 0 spiro atoms. The Hall–Kier alpha value is -2.20. The molecular weight excluding hydrogens is 410 g/mol. The number of halogens is 1. The van der Waals surface area contributed by atoms with E-state index in [1.165, 1.54) is 16.7 Å². The van der Waals surface area contributed by atoms with E-state index in [1.54, 1.807) is 0 Å². The van der Waals surface area contributed by atoms with E-state index in [2.05, 4.69) is 95.3 Å². The summed E-state index contributed by atoms with van der Waals surface area (Å²) in [6.45, 7) is 5.46. The molecule has 2 nitrogen and oxygen atoms in total. The maximum atomic E-state index is 6.36. The Labute approximate surface area is 176 Å². The van der Waals surface area contributed by atoms with Crippen LogP contribution in [0.15, 0.2) is 102 Å². The van der Waals surface area contributed by atoms with Crippen molar-refractivity contribution in [3.63, 3.8) is 0 Å². The molecule has 3 rings (SSSR count). The zero-order valence-electron chi connectivity index (χ0n) is 16.0. The molecule has 3 heteroatoms. The number of hydrogen-bond donors (Lipinski definition) is 0. The molecular formula is C25H26BrNO. The first-order valence-corrected chi connectivity index (χ1v) is 10.4. The monoisotopic (exact) mass is 435 g/mol. The summed E-state index contributed by atoms with van der Waals surface area (Å²) in [7, 11) is 0. The van der Waals surface area contributed by atoms with E-state index in [0.717, 1.165) is 30.4 Å². The smallest absolute Gasteiger partial charge is 0.0974 e. The molecule has 3 aromatic carbocycles. The van der Waals surface area contributed by atoms with Crippen molar-refractivity contribution in [1.29, 1.82) is 0 Å². The SMILES string of the molecule is C=C[C@@H](CCc1ccc(Br)cc1)ON(Cc1ccccc1)Cc1ccccc1. The average Bonchev–Trinajstić information content (AvgIpc) is 2.73. The van der Waals surface area contributed by atoms with Crippen molar-refractivity contribution < 1.29 is 4.84 Å². The van der Waals surface area contributed by atoms with Crippen LogP contribution in [0.1, 0.15) is 23.1 Å². The van der Waals surface area contributed by atoms with Gasteiger partial charge in [-0.1, -0.05) is 94.8 Å². The van der Waals surface area contributed by atoms with Crippen LogP contribution in [0.25, 0.3) is 0 Å². The standard InChI is InChI=1S/C25H26BrNO/c1-2-25(18-15-21-13-16-24(26)17-14-21)28-27(19-22-9-5-3-6-10-22)20-23-11-7-4-8-12-23/h2-14,16-17,25H,1,15,18-20H2/t25-/m0/s1. The third-order valence-corrected chi connectivity index (χ3v) is 5.11. The molecule has 0 aliphatic carbocycles. The topological polar surface area (TPSA) is 12.5 Å². The van der Waals surface area contributed by atoms with Crippen LogP contribution < -0.4 is 0 Å². The maximum Gasteiger partial charge on any atom is 0.0974 e. The molecule has 0 saturated heterocycles. The zero-order valence-corrected chi connectivity index (χ0v) is 17.6. The summed E-state index contributed by atoms with van der Waals surface area (Å²) in [6.07, 6.45) is 3.72. The molecule has 1 atom stereocenters. The second-order valence-electron chi connectivity index (χ2n) is 6.81. The summed E-state index contributed by atoms with van der Waals surface area (Å²) < 4.78 is 1.10. The van der Waals surface area contributed by atoms with Gasteiger partial charge in [-0.25, -0.2) is 0 Å². The molecule has 0 bridgehead atoms. The van der Waals surface area contributed by atoms with Crippen molar-refractivity contribution in [2.24, 2.45) is 0 Å². The van der Waals surface area contributed by atoms with Crippen molar-refractivity contribution in [3.8, 4) is 0 Å². The van der Waals surface area contributed by atoms with Crippen molar-refractivity contribution in [1.82, 2.24) is 5.06 Å². The lowest BCUT2D eigenvalue weighted by Crippen LogP contribution is -2.28. The highest BCUT2D eigenvalue weighted by Crippen LogP contribution is 2.17. The van der Waals surface area contributed by atoms with Crippen molar-refractivity contribution in [2.45, 2.75) is 32.0 Å².